The van der Waals surface area contributed by atoms with Crippen molar-refractivity contribution in [1.82, 2.24) is 15.3 Å². The van der Waals surface area contributed by atoms with Gasteiger partial charge in [0.1, 0.15) is 11.6 Å². The van der Waals surface area contributed by atoms with E-state index in [0.717, 1.165) is 30.4 Å². The topological polar surface area (TPSA) is 49.8 Å². The second-order valence-corrected chi connectivity index (χ2v) is 5.07. The Morgan fingerprint density at radius 1 is 1.41 bits per heavy atom. The van der Waals surface area contributed by atoms with Gasteiger partial charge in [-0.3, -0.25) is 0 Å². The molecule has 94 valence electrons. The fourth-order valence-corrected chi connectivity index (χ4v) is 2.14. The Labute approximate surface area is 103 Å². The Balaban J connectivity index is 2.09. The van der Waals surface area contributed by atoms with Gasteiger partial charge in [0.15, 0.2) is 0 Å². The lowest BCUT2D eigenvalue weighted by Crippen LogP contribution is -2.38. The first-order valence-electron chi connectivity index (χ1n) is 6.48. The van der Waals surface area contributed by atoms with Crippen LogP contribution in [0.1, 0.15) is 44.1 Å². The molecule has 17 heavy (non-hydrogen) atoms. The van der Waals surface area contributed by atoms with Crippen LogP contribution in [0.2, 0.25) is 0 Å². The smallest absolute Gasteiger partial charge is 0.130 e. The van der Waals surface area contributed by atoms with Crippen molar-refractivity contribution in [1.29, 1.82) is 0 Å². The second-order valence-electron chi connectivity index (χ2n) is 5.07. The summed E-state index contributed by atoms with van der Waals surface area (Å²) in [6.07, 6.45) is 2.45. The van der Waals surface area contributed by atoms with Crippen LogP contribution in [0.4, 0.5) is 5.82 Å². The third kappa shape index (κ3) is 3.40. The highest BCUT2D eigenvalue weighted by atomic mass is 15.1. The maximum atomic E-state index is 4.46. The Hall–Kier alpha value is -1.16. The third-order valence-electron chi connectivity index (χ3n) is 3.10. The molecule has 0 aliphatic carbocycles. The maximum absolute atomic E-state index is 4.46. The average molecular weight is 234 g/mol. The molecule has 0 amide bonds. The molecule has 1 fully saturated rings. The van der Waals surface area contributed by atoms with E-state index in [-0.39, 0.29) is 0 Å². The van der Waals surface area contributed by atoms with Gasteiger partial charge in [-0.1, -0.05) is 13.8 Å². The number of aromatic nitrogens is 2. The normalized spacial score (nSPS) is 20.6. The highest BCUT2D eigenvalue weighted by Gasteiger charge is 2.14. The molecular formula is C13H22N4. The van der Waals surface area contributed by atoms with E-state index in [1.807, 2.05) is 6.92 Å². The van der Waals surface area contributed by atoms with Crippen molar-refractivity contribution in [2.75, 3.05) is 18.4 Å². The zero-order valence-electron chi connectivity index (χ0n) is 11.0. The van der Waals surface area contributed by atoms with Gasteiger partial charge in [0.25, 0.3) is 0 Å². The summed E-state index contributed by atoms with van der Waals surface area (Å²) < 4.78 is 0. The van der Waals surface area contributed by atoms with E-state index in [4.69, 9.17) is 0 Å². The molecule has 1 aliphatic heterocycles. The summed E-state index contributed by atoms with van der Waals surface area (Å²) in [6.45, 7) is 8.44. The van der Waals surface area contributed by atoms with Crippen molar-refractivity contribution >= 4 is 5.82 Å². The Morgan fingerprint density at radius 2 is 2.24 bits per heavy atom. The second kappa shape index (κ2) is 5.45. The van der Waals surface area contributed by atoms with E-state index in [1.165, 1.54) is 12.8 Å². The van der Waals surface area contributed by atoms with Crippen molar-refractivity contribution in [3.8, 4) is 0 Å². The minimum absolute atomic E-state index is 0.446. The largest absolute Gasteiger partial charge is 0.366 e. The first kappa shape index (κ1) is 12.3. The predicted octanol–water partition coefficient (Wildman–Crippen LogP) is 2.07. The van der Waals surface area contributed by atoms with Gasteiger partial charge in [-0.25, -0.2) is 9.97 Å². The van der Waals surface area contributed by atoms with Crippen molar-refractivity contribution < 1.29 is 0 Å². The monoisotopic (exact) mass is 234 g/mol. The number of anilines is 1. The lowest BCUT2D eigenvalue weighted by Gasteiger charge is -2.24. The molecule has 1 atom stereocenters. The van der Waals surface area contributed by atoms with Crippen molar-refractivity contribution in [3.63, 3.8) is 0 Å². The molecule has 1 unspecified atom stereocenters. The van der Waals surface area contributed by atoms with Gasteiger partial charge in [-0.15, -0.1) is 0 Å². The van der Waals surface area contributed by atoms with Gasteiger partial charge in [-0.2, -0.15) is 0 Å². The molecule has 4 heteroatoms. The molecule has 0 radical (unpaired) electrons. The summed E-state index contributed by atoms with van der Waals surface area (Å²) >= 11 is 0. The van der Waals surface area contributed by atoms with Crippen LogP contribution >= 0.6 is 0 Å². The van der Waals surface area contributed by atoms with Crippen molar-refractivity contribution in [2.45, 2.75) is 45.6 Å². The average Bonchev–Trinajstić information content (AvgIpc) is 2.29. The number of nitrogens with one attached hydrogen (secondary N) is 2. The zero-order valence-corrected chi connectivity index (χ0v) is 11.0. The highest BCUT2D eigenvalue weighted by molar-refractivity contribution is 5.38. The van der Waals surface area contributed by atoms with Gasteiger partial charge in [0, 0.05) is 24.3 Å². The molecule has 0 saturated carbocycles. The van der Waals surface area contributed by atoms with Crippen LogP contribution in [0, 0.1) is 6.92 Å². The molecule has 4 nitrogen and oxygen atoms in total. The van der Waals surface area contributed by atoms with Crippen LogP contribution in [0.5, 0.6) is 0 Å². The van der Waals surface area contributed by atoms with Crippen LogP contribution < -0.4 is 10.6 Å². The van der Waals surface area contributed by atoms with Crippen LogP contribution in [0.3, 0.4) is 0 Å². The van der Waals surface area contributed by atoms with E-state index < -0.39 is 0 Å². The first-order chi connectivity index (χ1) is 8.15. The molecule has 2 N–H and O–H groups in total. The standard InChI is InChI=1S/C13H22N4/c1-9(2)12-7-13(16-10(3)15-12)17-11-5-4-6-14-8-11/h7,9,11,14H,4-6,8H2,1-3H3,(H,15,16,17). The number of hydrogen-bond acceptors (Lipinski definition) is 4. The summed E-state index contributed by atoms with van der Waals surface area (Å²) in [5.41, 5.74) is 1.11. The molecule has 0 aromatic carbocycles. The van der Waals surface area contributed by atoms with Crippen molar-refractivity contribution in [2.24, 2.45) is 0 Å². The van der Waals surface area contributed by atoms with E-state index in [9.17, 15) is 0 Å². The number of rotatable bonds is 3. The predicted molar refractivity (Wildman–Crippen MR) is 70.4 cm³/mol. The number of hydrogen-bond donors (Lipinski definition) is 2. The van der Waals surface area contributed by atoms with Crippen LogP contribution in [0.25, 0.3) is 0 Å². The third-order valence-corrected chi connectivity index (χ3v) is 3.10. The van der Waals surface area contributed by atoms with E-state index in [2.05, 4.69) is 40.5 Å². The van der Waals surface area contributed by atoms with Gasteiger partial charge in [-0.05, 0) is 32.2 Å². The first-order valence-corrected chi connectivity index (χ1v) is 6.48. The summed E-state index contributed by atoms with van der Waals surface area (Å²) in [4.78, 5) is 8.92. The molecule has 1 aromatic heterocycles. The Kier molecular flexibility index (Phi) is 3.94. The molecule has 1 aromatic rings. The highest BCUT2D eigenvalue weighted by Crippen LogP contribution is 2.17. The van der Waals surface area contributed by atoms with Gasteiger partial charge in [0.05, 0.1) is 0 Å². The fourth-order valence-electron chi connectivity index (χ4n) is 2.14. The summed E-state index contributed by atoms with van der Waals surface area (Å²) in [6, 6.07) is 2.57. The molecule has 1 aliphatic rings. The van der Waals surface area contributed by atoms with Crippen LogP contribution in [-0.2, 0) is 0 Å². The Morgan fingerprint density at radius 3 is 2.88 bits per heavy atom. The molecule has 1 saturated heterocycles. The fraction of sp³-hybridized carbons (Fsp3) is 0.692. The molecule has 0 spiro atoms. The lowest BCUT2D eigenvalue weighted by atomic mass is 10.1. The SMILES string of the molecule is Cc1nc(NC2CCCNC2)cc(C(C)C)n1. The van der Waals surface area contributed by atoms with E-state index in [1.54, 1.807) is 0 Å². The van der Waals surface area contributed by atoms with Crippen molar-refractivity contribution in [3.05, 3.63) is 17.6 Å². The van der Waals surface area contributed by atoms with E-state index >= 15 is 0 Å². The molecular weight excluding hydrogens is 212 g/mol. The van der Waals surface area contributed by atoms with Crippen LogP contribution in [0.15, 0.2) is 6.07 Å². The maximum Gasteiger partial charge on any atom is 0.130 e. The van der Waals surface area contributed by atoms with Gasteiger partial charge >= 0.3 is 0 Å². The summed E-state index contributed by atoms with van der Waals surface area (Å²) in [5.74, 6) is 2.26. The zero-order chi connectivity index (χ0) is 12.3. The minimum atomic E-state index is 0.446. The summed E-state index contributed by atoms with van der Waals surface area (Å²) in [5, 5.41) is 6.90. The number of nitrogens with zero attached hydrogens (tertiary/aromatic N) is 2. The molecule has 2 heterocycles. The van der Waals surface area contributed by atoms with Gasteiger partial charge in [0.2, 0.25) is 0 Å². The van der Waals surface area contributed by atoms with E-state index in [0.29, 0.717) is 12.0 Å². The minimum Gasteiger partial charge on any atom is -0.366 e. The molecule has 2 rings (SSSR count). The quantitative estimate of drug-likeness (QED) is 0.840. The van der Waals surface area contributed by atoms with Crippen LogP contribution in [-0.4, -0.2) is 29.1 Å². The van der Waals surface area contributed by atoms with Gasteiger partial charge < -0.3 is 10.6 Å². The summed E-state index contributed by atoms with van der Waals surface area (Å²) in [7, 11) is 0. The number of aryl methyl sites for hydroxylation is 1. The molecule has 0 bridgehead atoms. The number of piperidine rings is 1. The lowest BCUT2D eigenvalue weighted by molar-refractivity contribution is 0.478. The Bertz CT molecular complexity index is 370.